The minimum absolute atomic E-state index is 0.0687. The maximum Gasteiger partial charge on any atom is 0.306 e. The van der Waals surface area contributed by atoms with Crippen LogP contribution in [-0.4, -0.2) is 57.0 Å². The highest BCUT2D eigenvalue weighted by Gasteiger charge is 2.27. The molecule has 1 unspecified atom stereocenters. The largest absolute Gasteiger partial charge is 0.481 e. The minimum atomic E-state index is -0.801. The van der Waals surface area contributed by atoms with E-state index in [0.29, 0.717) is 37.5 Å². The SMILES string of the molecule is Cc1cc(NC(=O)C(C)SCC(=O)N2CCC(C(=O)O)CC2)no1. The van der Waals surface area contributed by atoms with E-state index in [1.165, 1.54) is 11.8 Å². The van der Waals surface area contributed by atoms with Crippen LogP contribution < -0.4 is 5.32 Å². The lowest BCUT2D eigenvalue weighted by atomic mass is 9.97. The van der Waals surface area contributed by atoms with Gasteiger partial charge < -0.3 is 19.8 Å². The van der Waals surface area contributed by atoms with E-state index in [0.717, 1.165) is 0 Å². The molecule has 0 spiro atoms. The highest BCUT2D eigenvalue weighted by molar-refractivity contribution is 8.01. The molecule has 0 radical (unpaired) electrons. The molecule has 24 heavy (non-hydrogen) atoms. The van der Waals surface area contributed by atoms with Crippen molar-refractivity contribution in [2.45, 2.75) is 31.9 Å². The van der Waals surface area contributed by atoms with E-state index in [2.05, 4.69) is 10.5 Å². The molecule has 1 aliphatic heterocycles. The number of hydrogen-bond acceptors (Lipinski definition) is 6. The van der Waals surface area contributed by atoms with Crippen LogP contribution in [0.5, 0.6) is 0 Å². The van der Waals surface area contributed by atoms with E-state index in [1.807, 2.05) is 0 Å². The molecule has 0 aromatic carbocycles. The van der Waals surface area contributed by atoms with Gasteiger partial charge in [0.2, 0.25) is 11.8 Å². The molecule has 0 bridgehead atoms. The predicted molar refractivity (Wildman–Crippen MR) is 88.7 cm³/mol. The maximum absolute atomic E-state index is 12.2. The number of aryl methyl sites for hydroxylation is 1. The summed E-state index contributed by atoms with van der Waals surface area (Å²) in [5, 5.41) is 14.9. The number of likely N-dealkylation sites (tertiary alicyclic amines) is 1. The average Bonchev–Trinajstić information content (AvgIpc) is 2.97. The third-order valence-corrected chi connectivity index (χ3v) is 5.03. The lowest BCUT2D eigenvalue weighted by Crippen LogP contribution is -2.41. The third kappa shape index (κ3) is 4.98. The summed E-state index contributed by atoms with van der Waals surface area (Å²) < 4.78 is 4.87. The number of nitrogens with one attached hydrogen (secondary N) is 1. The maximum atomic E-state index is 12.2. The second-order valence-corrected chi connectivity index (χ2v) is 7.09. The summed E-state index contributed by atoms with van der Waals surface area (Å²) in [6.45, 7) is 4.36. The molecule has 0 saturated carbocycles. The Bertz CT molecular complexity index is 610. The standard InChI is InChI=1S/C15H21N3O5S/c1-9-7-12(17-23-9)16-14(20)10(2)24-8-13(19)18-5-3-11(4-6-18)15(21)22/h7,10-11H,3-6,8H2,1-2H3,(H,21,22)(H,16,17,20). The number of carbonyl (C=O) groups is 3. The summed E-state index contributed by atoms with van der Waals surface area (Å²) in [5.74, 6) is -0.337. The number of carboxylic acid groups (broad SMARTS) is 1. The van der Waals surface area contributed by atoms with Gasteiger partial charge in [-0.05, 0) is 26.7 Å². The molecule has 132 valence electrons. The Hall–Kier alpha value is -2.03. The van der Waals surface area contributed by atoms with Crippen LogP contribution in [0.3, 0.4) is 0 Å². The zero-order valence-electron chi connectivity index (χ0n) is 13.7. The van der Waals surface area contributed by atoms with Gasteiger partial charge in [-0.15, -0.1) is 11.8 Å². The van der Waals surface area contributed by atoms with E-state index < -0.39 is 11.2 Å². The molecule has 2 heterocycles. The Morgan fingerprint density at radius 1 is 1.46 bits per heavy atom. The van der Waals surface area contributed by atoms with Crippen molar-refractivity contribution in [2.24, 2.45) is 5.92 Å². The summed E-state index contributed by atoms with van der Waals surface area (Å²) in [5.41, 5.74) is 0. The van der Waals surface area contributed by atoms with Crippen molar-refractivity contribution in [3.63, 3.8) is 0 Å². The van der Waals surface area contributed by atoms with Crippen LogP contribution in [-0.2, 0) is 14.4 Å². The first-order valence-electron chi connectivity index (χ1n) is 7.73. The van der Waals surface area contributed by atoms with Crippen molar-refractivity contribution in [3.8, 4) is 0 Å². The number of rotatable bonds is 6. The van der Waals surface area contributed by atoms with E-state index in [4.69, 9.17) is 9.63 Å². The number of anilines is 1. The van der Waals surface area contributed by atoms with E-state index in [-0.39, 0.29) is 23.5 Å². The fraction of sp³-hybridized carbons (Fsp3) is 0.600. The second-order valence-electron chi connectivity index (χ2n) is 5.76. The summed E-state index contributed by atoms with van der Waals surface area (Å²) >= 11 is 1.24. The number of carboxylic acids is 1. The third-order valence-electron chi connectivity index (χ3n) is 3.90. The molecule has 1 saturated heterocycles. The van der Waals surface area contributed by atoms with Crippen LogP contribution in [0.15, 0.2) is 10.6 Å². The summed E-state index contributed by atoms with van der Waals surface area (Å²) in [4.78, 5) is 36.8. The van der Waals surface area contributed by atoms with Gasteiger partial charge in [0, 0.05) is 19.2 Å². The topological polar surface area (TPSA) is 113 Å². The molecule has 1 atom stereocenters. The van der Waals surface area contributed by atoms with Crippen molar-refractivity contribution in [3.05, 3.63) is 11.8 Å². The fourth-order valence-electron chi connectivity index (χ4n) is 2.39. The first kappa shape index (κ1) is 18.3. The fourth-order valence-corrected chi connectivity index (χ4v) is 3.18. The van der Waals surface area contributed by atoms with Crippen LogP contribution in [0.1, 0.15) is 25.5 Å². The van der Waals surface area contributed by atoms with Gasteiger partial charge in [-0.3, -0.25) is 14.4 Å². The van der Waals surface area contributed by atoms with Gasteiger partial charge in [0.25, 0.3) is 0 Å². The van der Waals surface area contributed by atoms with Crippen molar-refractivity contribution in [2.75, 3.05) is 24.2 Å². The molecule has 1 aliphatic rings. The highest BCUT2D eigenvalue weighted by atomic mass is 32.2. The van der Waals surface area contributed by atoms with E-state index >= 15 is 0 Å². The number of aromatic nitrogens is 1. The highest BCUT2D eigenvalue weighted by Crippen LogP contribution is 2.20. The van der Waals surface area contributed by atoms with Crippen LogP contribution in [0.4, 0.5) is 5.82 Å². The normalized spacial score (nSPS) is 16.7. The van der Waals surface area contributed by atoms with E-state index in [9.17, 15) is 14.4 Å². The minimum Gasteiger partial charge on any atom is -0.481 e. The van der Waals surface area contributed by atoms with Crippen molar-refractivity contribution in [1.29, 1.82) is 0 Å². The van der Waals surface area contributed by atoms with Crippen molar-refractivity contribution in [1.82, 2.24) is 10.1 Å². The second kappa shape index (κ2) is 8.18. The first-order valence-corrected chi connectivity index (χ1v) is 8.78. The first-order chi connectivity index (χ1) is 11.4. The monoisotopic (exact) mass is 355 g/mol. The van der Waals surface area contributed by atoms with Gasteiger partial charge in [0.1, 0.15) is 5.76 Å². The molecular weight excluding hydrogens is 334 g/mol. The summed E-state index contributed by atoms with van der Waals surface area (Å²) in [6.07, 6.45) is 0.959. The van der Waals surface area contributed by atoms with Crippen LogP contribution in [0, 0.1) is 12.8 Å². The van der Waals surface area contributed by atoms with E-state index in [1.54, 1.807) is 24.8 Å². The molecule has 2 amide bonds. The Labute approximate surface area is 143 Å². The Morgan fingerprint density at radius 2 is 2.12 bits per heavy atom. The van der Waals surface area contributed by atoms with Crippen LogP contribution in [0.25, 0.3) is 0 Å². The smallest absolute Gasteiger partial charge is 0.306 e. The number of hydrogen-bond donors (Lipinski definition) is 2. The molecule has 2 N–H and O–H groups in total. The van der Waals surface area contributed by atoms with Gasteiger partial charge in [0.05, 0.1) is 16.9 Å². The zero-order valence-corrected chi connectivity index (χ0v) is 14.5. The average molecular weight is 355 g/mol. The van der Waals surface area contributed by atoms with Gasteiger partial charge in [0.15, 0.2) is 5.82 Å². The molecule has 1 aromatic heterocycles. The van der Waals surface area contributed by atoms with Crippen molar-refractivity contribution >= 4 is 35.4 Å². The summed E-state index contributed by atoms with van der Waals surface area (Å²) in [6, 6.07) is 1.62. The Kier molecular flexibility index (Phi) is 6.24. The number of carbonyl (C=O) groups excluding carboxylic acids is 2. The van der Waals surface area contributed by atoms with Gasteiger partial charge >= 0.3 is 5.97 Å². The number of nitrogens with zero attached hydrogens (tertiary/aromatic N) is 2. The number of thioether (sulfide) groups is 1. The van der Waals surface area contributed by atoms with Crippen molar-refractivity contribution < 1.29 is 24.0 Å². The molecule has 8 nitrogen and oxygen atoms in total. The van der Waals surface area contributed by atoms with Crippen LogP contribution >= 0.6 is 11.8 Å². The quantitative estimate of drug-likeness (QED) is 0.792. The molecule has 1 fully saturated rings. The number of aliphatic carboxylic acids is 1. The molecule has 9 heteroatoms. The Morgan fingerprint density at radius 3 is 2.67 bits per heavy atom. The Balaban J connectivity index is 1.73. The van der Waals surface area contributed by atoms with Gasteiger partial charge in [-0.25, -0.2) is 0 Å². The molecule has 0 aliphatic carbocycles. The number of piperidine rings is 1. The lowest BCUT2D eigenvalue weighted by Gasteiger charge is -2.30. The molecule has 1 aromatic rings. The summed E-state index contributed by atoms with van der Waals surface area (Å²) in [7, 11) is 0. The van der Waals surface area contributed by atoms with Gasteiger partial charge in [-0.2, -0.15) is 0 Å². The van der Waals surface area contributed by atoms with Gasteiger partial charge in [-0.1, -0.05) is 5.16 Å². The lowest BCUT2D eigenvalue weighted by molar-refractivity contribution is -0.145. The predicted octanol–water partition coefficient (Wildman–Crippen LogP) is 1.37. The van der Waals surface area contributed by atoms with Crippen LogP contribution in [0.2, 0.25) is 0 Å². The molecule has 2 rings (SSSR count). The molecular formula is C15H21N3O5S. The number of amides is 2. The zero-order chi connectivity index (χ0) is 17.7.